The van der Waals surface area contributed by atoms with Crippen LogP contribution in [-0.2, 0) is 23.9 Å². The number of carbonyl (C=O) groups is 3. The van der Waals surface area contributed by atoms with E-state index < -0.39 is 49.2 Å². The van der Waals surface area contributed by atoms with Gasteiger partial charge in [0.05, 0.1) is 0 Å². The molecule has 3 atom stereocenters. The van der Waals surface area contributed by atoms with Gasteiger partial charge in [0.15, 0.2) is 6.61 Å². The van der Waals surface area contributed by atoms with Crippen LogP contribution in [0.5, 0.6) is 0 Å². The number of Topliss-reactive ketones (excluding diaryl/α,β-unsaturated/α-hetero) is 1. The summed E-state index contributed by atoms with van der Waals surface area (Å²) in [5.74, 6) is -1.96. The summed E-state index contributed by atoms with van der Waals surface area (Å²) >= 11 is 0. The van der Waals surface area contributed by atoms with E-state index in [9.17, 15) is 29.7 Å². The predicted molar refractivity (Wildman–Crippen MR) is 130 cm³/mol. The summed E-state index contributed by atoms with van der Waals surface area (Å²) in [7, 11) is 0. The molecule has 0 fully saturated rings. The second-order valence-electron chi connectivity index (χ2n) is 9.06. The van der Waals surface area contributed by atoms with Gasteiger partial charge in [-0.05, 0) is 12.8 Å². The molecule has 3 N–H and O–H groups in total. The van der Waals surface area contributed by atoms with Crippen molar-refractivity contribution < 1.29 is 39.2 Å². The smallest absolute Gasteiger partial charge is 0.306 e. The molecule has 0 aliphatic heterocycles. The Hall–Kier alpha value is -1.51. The van der Waals surface area contributed by atoms with Crippen molar-refractivity contribution in [3.8, 4) is 0 Å². The first-order valence-corrected chi connectivity index (χ1v) is 13.2. The van der Waals surface area contributed by atoms with E-state index in [1.807, 2.05) is 0 Å². The molecule has 0 radical (unpaired) electrons. The molecule has 0 heterocycles. The van der Waals surface area contributed by atoms with E-state index >= 15 is 0 Å². The predicted octanol–water partition coefficient (Wildman–Crippen LogP) is 4.01. The van der Waals surface area contributed by atoms with Crippen molar-refractivity contribution >= 4 is 17.7 Å². The molecule has 0 spiro atoms. The fraction of sp³-hybridized carbons (Fsp3) is 0.885. The summed E-state index contributed by atoms with van der Waals surface area (Å²) in [6, 6.07) is 0. The first-order valence-electron chi connectivity index (χ1n) is 13.2. The van der Waals surface area contributed by atoms with Crippen LogP contribution in [0.2, 0.25) is 0 Å². The van der Waals surface area contributed by atoms with Crippen molar-refractivity contribution in [3.05, 3.63) is 0 Å². The van der Waals surface area contributed by atoms with Gasteiger partial charge < -0.3 is 24.8 Å². The minimum absolute atomic E-state index is 0.191. The lowest BCUT2D eigenvalue weighted by Crippen LogP contribution is -2.45. The van der Waals surface area contributed by atoms with Gasteiger partial charge in [0.1, 0.15) is 24.9 Å². The largest absolute Gasteiger partial charge is 0.463 e. The van der Waals surface area contributed by atoms with Crippen LogP contribution in [0, 0.1) is 0 Å². The lowest BCUT2D eigenvalue weighted by molar-refractivity contribution is -0.159. The normalized spacial score (nSPS) is 13.8. The van der Waals surface area contributed by atoms with E-state index in [0.29, 0.717) is 12.8 Å². The van der Waals surface area contributed by atoms with Crippen molar-refractivity contribution in [2.45, 2.75) is 135 Å². The van der Waals surface area contributed by atoms with E-state index in [4.69, 9.17) is 9.47 Å². The Labute approximate surface area is 205 Å². The number of esters is 2. The molecule has 0 unspecified atom stereocenters. The van der Waals surface area contributed by atoms with Gasteiger partial charge in [-0.3, -0.25) is 14.4 Å². The van der Waals surface area contributed by atoms with E-state index in [-0.39, 0.29) is 12.8 Å². The Morgan fingerprint density at radius 1 is 0.618 bits per heavy atom. The van der Waals surface area contributed by atoms with Gasteiger partial charge >= 0.3 is 11.9 Å². The average Bonchev–Trinajstić information content (AvgIpc) is 2.83. The van der Waals surface area contributed by atoms with Crippen LogP contribution < -0.4 is 0 Å². The molecule has 0 saturated heterocycles. The number of hydrogen-bond acceptors (Lipinski definition) is 8. The highest BCUT2D eigenvalue weighted by atomic mass is 16.5. The minimum Gasteiger partial charge on any atom is -0.463 e. The van der Waals surface area contributed by atoms with Gasteiger partial charge in [-0.25, -0.2) is 0 Å². The highest BCUT2D eigenvalue weighted by molar-refractivity contribution is 5.86. The van der Waals surface area contributed by atoms with Crippen LogP contribution in [0.15, 0.2) is 0 Å². The number of ether oxygens (including phenoxy) is 2. The molecule has 0 aromatic rings. The second kappa shape index (κ2) is 22.0. The summed E-state index contributed by atoms with van der Waals surface area (Å²) < 4.78 is 9.78. The Bertz CT molecular complexity index is 537. The minimum atomic E-state index is -1.94. The lowest BCUT2D eigenvalue weighted by Gasteiger charge is -2.21. The maximum atomic E-state index is 12.0. The van der Waals surface area contributed by atoms with E-state index in [1.165, 1.54) is 38.5 Å². The molecular formula is C26H48O8. The highest BCUT2D eigenvalue weighted by Crippen LogP contribution is 2.11. The summed E-state index contributed by atoms with van der Waals surface area (Å²) in [6.45, 7) is 3.10. The third-order valence-corrected chi connectivity index (χ3v) is 5.81. The standard InChI is InChI=1S/C26H48O8/c1-3-5-7-9-11-13-15-17-23(29)33-19-21(27)25(31)26(32)22(28)20-34-24(30)18-16-14-12-10-8-6-4-2/h21,25-27,31-32H,3-20H2,1-2H3/t21-,25-,26+/m1/s1. The van der Waals surface area contributed by atoms with Gasteiger partial charge in [0, 0.05) is 12.8 Å². The Balaban J connectivity index is 3.95. The number of rotatable bonds is 23. The molecule has 0 aromatic heterocycles. The molecule has 200 valence electrons. The quantitative estimate of drug-likeness (QED) is 0.145. The zero-order valence-corrected chi connectivity index (χ0v) is 21.3. The molecule has 0 amide bonds. The Kier molecular flexibility index (Phi) is 21.0. The van der Waals surface area contributed by atoms with Gasteiger partial charge in [-0.1, -0.05) is 90.9 Å². The third-order valence-electron chi connectivity index (χ3n) is 5.81. The van der Waals surface area contributed by atoms with Crippen LogP contribution in [-0.4, -0.2) is 64.6 Å². The number of aliphatic hydroxyl groups excluding tert-OH is 3. The van der Waals surface area contributed by atoms with Gasteiger partial charge in [-0.2, -0.15) is 0 Å². The summed E-state index contributed by atoms with van der Waals surface area (Å²) in [4.78, 5) is 35.5. The van der Waals surface area contributed by atoms with Crippen molar-refractivity contribution in [2.75, 3.05) is 13.2 Å². The number of hydrogen-bond donors (Lipinski definition) is 3. The van der Waals surface area contributed by atoms with Crippen LogP contribution in [0.25, 0.3) is 0 Å². The molecule has 0 aliphatic carbocycles. The molecular weight excluding hydrogens is 440 g/mol. The highest BCUT2D eigenvalue weighted by Gasteiger charge is 2.31. The third kappa shape index (κ3) is 17.9. The van der Waals surface area contributed by atoms with E-state index in [0.717, 1.165) is 38.5 Å². The van der Waals surface area contributed by atoms with E-state index in [2.05, 4.69) is 13.8 Å². The van der Waals surface area contributed by atoms with Crippen molar-refractivity contribution in [1.29, 1.82) is 0 Å². The summed E-state index contributed by atoms with van der Waals surface area (Å²) in [5, 5.41) is 29.8. The molecule has 0 saturated carbocycles. The zero-order valence-electron chi connectivity index (χ0n) is 21.3. The Morgan fingerprint density at radius 3 is 1.50 bits per heavy atom. The molecule has 8 heteroatoms. The summed E-state index contributed by atoms with van der Waals surface area (Å²) in [6.07, 6.45) is 9.80. The molecule has 0 aromatic carbocycles. The number of aliphatic hydroxyl groups is 3. The van der Waals surface area contributed by atoms with Crippen molar-refractivity contribution in [2.24, 2.45) is 0 Å². The maximum absolute atomic E-state index is 12.0. The first kappa shape index (κ1) is 32.5. The maximum Gasteiger partial charge on any atom is 0.306 e. The van der Waals surface area contributed by atoms with Crippen LogP contribution >= 0.6 is 0 Å². The number of ketones is 1. The number of carbonyl (C=O) groups excluding carboxylic acids is 3. The molecule has 8 nitrogen and oxygen atoms in total. The molecule has 0 rings (SSSR count). The molecule has 34 heavy (non-hydrogen) atoms. The van der Waals surface area contributed by atoms with Crippen LogP contribution in [0.1, 0.15) is 117 Å². The van der Waals surface area contributed by atoms with Gasteiger partial charge in [-0.15, -0.1) is 0 Å². The molecule has 0 aliphatic rings. The SMILES string of the molecule is CCCCCCCCCC(=O)OCC(=O)[C@H](O)[C@H](O)[C@H](O)COC(=O)CCCCCCCCC. The second-order valence-corrected chi connectivity index (χ2v) is 9.06. The van der Waals surface area contributed by atoms with Crippen molar-refractivity contribution in [1.82, 2.24) is 0 Å². The Morgan fingerprint density at radius 2 is 1.03 bits per heavy atom. The van der Waals surface area contributed by atoms with Gasteiger partial charge in [0.2, 0.25) is 5.78 Å². The first-order chi connectivity index (χ1) is 16.3. The topological polar surface area (TPSA) is 130 Å². The van der Waals surface area contributed by atoms with Crippen LogP contribution in [0.4, 0.5) is 0 Å². The summed E-state index contributed by atoms with van der Waals surface area (Å²) in [5.41, 5.74) is 0. The van der Waals surface area contributed by atoms with Crippen molar-refractivity contribution in [3.63, 3.8) is 0 Å². The van der Waals surface area contributed by atoms with E-state index in [1.54, 1.807) is 0 Å². The number of unbranched alkanes of at least 4 members (excludes halogenated alkanes) is 12. The lowest BCUT2D eigenvalue weighted by atomic mass is 10.1. The molecule has 0 bridgehead atoms. The zero-order chi connectivity index (χ0) is 25.6. The fourth-order valence-corrected chi connectivity index (χ4v) is 3.51. The fourth-order valence-electron chi connectivity index (χ4n) is 3.51. The van der Waals surface area contributed by atoms with Crippen LogP contribution in [0.3, 0.4) is 0 Å². The monoisotopic (exact) mass is 488 g/mol. The average molecular weight is 489 g/mol. The van der Waals surface area contributed by atoms with Gasteiger partial charge in [0.25, 0.3) is 0 Å².